The highest BCUT2D eigenvalue weighted by molar-refractivity contribution is 7.44. The third kappa shape index (κ3) is 15.5. The first-order chi connectivity index (χ1) is 20.8. The van der Waals surface area contributed by atoms with Gasteiger partial charge in [-0.25, -0.2) is 14.3 Å². The quantitative estimate of drug-likeness (QED) is 0.0778. The lowest BCUT2D eigenvalue weighted by Crippen LogP contribution is -2.27. The first-order valence-electron chi connectivity index (χ1n) is 15.3. The normalized spacial score (nSPS) is 11.7. The molecular weight excluding hydrogens is 571 g/mol. The molecule has 0 aliphatic heterocycles. The van der Waals surface area contributed by atoms with E-state index in [1.54, 1.807) is 12.1 Å². The Hall–Kier alpha value is -2.77. The fourth-order valence-electron chi connectivity index (χ4n) is 4.35. The molecule has 0 aliphatic rings. The van der Waals surface area contributed by atoms with Gasteiger partial charge in [-0.15, -0.1) is 0 Å². The lowest BCUT2D eigenvalue weighted by Gasteiger charge is -2.31. The first kappa shape index (κ1) is 38.3. The number of nitriles is 1. The number of ether oxygens (including phenoxy) is 2. The van der Waals surface area contributed by atoms with E-state index in [9.17, 15) is 14.4 Å². The Bertz CT molecular complexity index is 1000. The van der Waals surface area contributed by atoms with Gasteiger partial charge in [0.05, 0.1) is 51.1 Å². The summed E-state index contributed by atoms with van der Waals surface area (Å²) in [6, 6.07) is 7.37. The lowest BCUT2D eigenvalue weighted by molar-refractivity contribution is -0.121. The molecule has 0 aromatic heterocycles. The number of unbranched alkanes of at least 4 members (excludes halogenated alkanes) is 6. The molecule has 12 heteroatoms. The summed E-state index contributed by atoms with van der Waals surface area (Å²) in [6.45, 7) is 9.45. The number of carbonyl (C=O) groups is 3. The van der Waals surface area contributed by atoms with Crippen molar-refractivity contribution in [2.75, 3.05) is 52.4 Å². The molecule has 1 aromatic carbocycles. The second-order valence-electron chi connectivity index (χ2n) is 10.2. The SMILES string of the molecule is CCN(C(C)C)P(OCCC#N)OCCCCCCNC(=O)CCCCCCNc1cccc(C(=O)OC)c1C(=O)OC. The summed E-state index contributed by atoms with van der Waals surface area (Å²) in [5.41, 5.74) is 0.856. The van der Waals surface area contributed by atoms with Crippen LogP contribution in [-0.2, 0) is 23.3 Å². The van der Waals surface area contributed by atoms with Crippen LogP contribution in [0, 0.1) is 11.3 Å². The number of rotatable bonds is 24. The van der Waals surface area contributed by atoms with E-state index in [-0.39, 0.29) is 17.0 Å². The standard InChI is InChI=1S/C31H51N4O7P/c1-6-35(25(2)3)43(42-24-16-20-32)41-23-14-10-9-13-22-34-28(36)19-11-7-8-12-21-33-27-18-15-17-26(30(37)39-4)29(27)31(38)40-5/h15,17-18,25,33H,6-14,16,19,21-24H2,1-5H3,(H,34,36). The molecule has 0 heterocycles. The van der Waals surface area contributed by atoms with Crippen LogP contribution in [0.5, 0.6) is 0 Å². The fraction of sp³-hybridized carbons (Fsp3) is 0.677. The summed E-state index contributed by atoms with van der Waals surface area (Å²) in [7, 11) is 1.39. The average Bonchev–Trinajstić information content (AvgIpc) is 3.00. The van der Waals surface area contributed by atoms with Crippen LogP contribution in [0.15, 0.2) is 18.2 Å². The van der Waals surface area contributed by atoms with Crippen LogP contribution in [0.4, 0.5) is 5.69 Å². The van der Waals surface area contributed by atoms with E-state index >= 15 is 0 Å². The van der Waals surface area contributed by atoms with Crippen LogP contribution in [0.2, 0.25) is 0 Å². The summed E-state index contributed by atoms with van der Waals surface area (Å²) in [5.74, 6) is -1.11. The Morgan fingerprint density at radius 3 is 2.21 bits per heavy atom. The number of hydrogen-bond acceptors (Lipinski definition) is 10. The van der Waals surface area contributed by atoms with Crippen molar-refractivity contribution in [3.63, 3.8) is 0 Å². The Morgan fingerprint density at radius 2 is 1.56 bits per heavy atom. The monoisotopic (exact) mass is 622 g/mol. The van der Waals surface area contributed by atoms with Crippen LogP contribution in [0.1, 0.15) is 106 Å². The molecule has 0 spiro atoms. The van der Waals surface area contributed by atoms with E-state index < -0.39 is 20.5 Å². The van der Waals surface area contributed by atoms with Crippen molar-refractivity contribution in [3.8, 4) is 6.07 Å². The number of nitrogens with one attached hydrogen (secondary N) is 2. The van der Waals surface area contributed by atoms with Crippen LogP contribution >= 0.6 is 8.53 Å². The van der Waals surface area contributed by atoms with Gasteiger partial charge >= 0.3 is 11.9 Å². The Labute approximate surface area is 258 Å². The summed E-state index contributed by atoms with van der Waals surface area (Å²) in [4.78, 5) is 36.5. The van der Waals surface area contributed by atoms with E-state index in [0.29, 0.717) is 50.9 Å². The Kier molecular flexibility index (Phi) is 21.0. The van der Waals surface area contributed by atoms with Gasteiger partial charge in [0.15, 0.2) is 0 Å². The van der Waals surface area contributed by atoms with Gasteiger partial charge in [0, 0.05) is 37.8 Å². The smallest absolute Gasteiger partial charge is 0.340 e. The van der Waals surface area contributed by atoms with Crippen molar-refractivity contribution in [3.05, 3.63) is 29.3 Å². The summed E-state index contributed by atoms with van der Waals surface area (Å²) >= 11 is 0. The second-order valence-corrected chi connectivity index (χ2v) is 11.7. The number of hydrogen-bond donors (Lipinski definition) is 2. The molecule has 1 rings (SSSR count). The minimum absolute atomic E-state index is 0.0808. The molecule has 1 atom stereocenters. The molecule has 0 bridgehead atoms. The zero-order valence-corrected chi connectivity index (χ0v) is 27.5. The number of amides is 1. The van der Waals surface area contributed by atoms with E-state index in [0.717, 1.165) is 57.9 Å². The van der Waals surface area contributed by atoms with Gasteiger partial charge in [-0.3, -0.25) is 4.79 Å². The van der Waals surface area contributed by atoms with Gasteiger partial charge in [-0.2, -0.15) is 5.26 Å². The van der Waals surface area contributed by atoms with Gasteiger partial charge in [-0.1, -0.05) is 38.7 Å². The van der Waals surface area contributed by atoms with Crippen LogP contribution in [0.3, 0.4) is 0 Å². The Morgan fingerprint density at radius 1 is 0.907 bits per heavy atom. The predicted molar refractivity (Wildman–Crippen MR) is 169 cm³/mol. The summed E-state index contributed by atoms with van der Waals surface area (Å²) in [5, 5.41) is 15.0. The Balaban J connectivity index is 2.17. The third-order valence-corrected chi connectivity index (χ3v) is 8.62. The maximum atomic E-state index is 12.2. The number of benzene rings is 1. The zero-order chi connectivity index (χ0) is 31.9. The molecular formula is C31H51N4O7P. The van der Waals surface area contributed by atoms with Crippen molar-refractivity contribution in [1.82, 2.24) is 9.99 Å². The number of anilines is 1. The summed E-state index contributed by atoms with van der Waals surface area (Å²) in [6.07, 6.45) is 8.31. The van der Waals surface area contributed by atoms with Crippen LogP contribution in [0.25, 0.3) is 0 Å². The molecule has 43 heavy (non-hydrogen) atoms. The van der Waals surface area contributed by atoms with Gasteiger partial charge in [0.2, 0.25) is 5.91 Å². The molecule has 1 aromatic rings. The van der Waals surface area contributed by atoms with E-state index in [1.807, 2.05) is 0 Å². The molecule has 0 fully saturated rings. The van der Waals surface area contributed by atoms with Gasteiger partial charge < -0.3 is 29.2 Å². The van der Waals surface area contributed by atoms with Crippen molar-refractivity contribution in [2.45, 2.75) is 91.0 Å². The predicted octanol–water partition coefficient (Wildman–Crippen LogP) is 6.20. The van der Waals surface area contributed by atoms with Crippen LogP contribution in [-0.4, -0.2) is 75.6 Å². The molecule has 11 nitrogen and oxygen atoms in total. The molecule has 1 unspecified atom stereocenters. The van der Waals surface area contributed by atoms with Crippen LogP contribution < -0.4 is 10.6 Å². The lowest BCUT2D eigenvalue weighted by atomic mass is 10.0. The molecule has 1 amide bonds. The van der Waals surface area contributed by atoms with E-state index in [2.05, 4.69) is 42.1 Å². The van der Waals surface area contributed by atoms with Gasteiger partial charge in [-0.05, 0) is 51.7 Å². The molecule has 242 valence electrons. The van der Waals surface area contributed by atoms with Gasteiger partial charge in [0.25, 0.3) is 8.53 Å². The maximum absolute atomic E-state index is 12.2. The number of esters is 2. The second kappa shape index (κ2) is 23.7. The zero-order valence-electron chi connectivity index (χ0n) is 26.6. The summed E-state index contributed by atoms with van der Waals surface area (Å²) < 4.78 is 23.7. The third-order valence-electron chi connectivity index (χ3n) is 6.65. The van der Waals surface area contributed by atoms with Crippen molar-refractivity contribution >= 4 is 32.1 Å². The van der Waals surface area contributed by atoms with Crippen molar-refractivity contribution in [1.29, 1.82) is 5.26 Å². The average molecular weight is 623 g/mol. The molecule has 0 radical (unpaired) electrons. The van der Waals surface area contributed by atoms with Crippen molar-refractivity contribution < 1.29 is 32.9 Å². The van der Waals surface area contributed by atoms with E-state index in [4.69, 9.17) is 23.8 Å². The maximum Gasteiger partial charge on any atom is 0.340 e. The minimum Gasteiger partial charge on any atom is -0.465 e. The largest absolute Gasteiger partial charge is 0.465 e. The number of carbonyl (C=O) groups excluding carboxylic acids is 3. The highest BCUT2D eigenvalue weighted by Crippen LogP contribution is 2.44. The fourth-order valence-corrected chi connectivity index (χ4v) is 5.86. The first-order valence-corrected chi connectivity index (χ1v) is 16.4. The highest BCUT2D eigenvalue weighted by Gasteiger charge is 2.23. The number of methoxy groups -OCH3 is 2. The van der Waals surface area contributed by atoms with Crippen molar-refractivity contribution in [2.24, 2.45) is 0 Å². The van der Waals surface area contributed by atoms with E-state index in [1.165, 1.54) is 20.3 Å². The molecule has 0 saturated carbocycles. The highest BCUT2D eigenvalue weighted by atomic mass is 31.2. The molecule has 0 aliphatic carbocycles. The topological polar surface area (TPSA) is 139 Å². The molecule has 0 saturated heterocycles. The number of nitrogens with zero attached hydrogens (tertiary/aromatic N) is 2. The van der Waals surface area contributed by atoms with Gasteiger partial charge in [0.1, 0.15) is 0 Å². The molecule has 2 N–H and O–H groups in total. The minimum atomic E-state index is -1.15.